The minimum atomic E-state index is -3.65. The molecule has 0 aliphatic rings. The Bertz CT molecular complexity index is 718. The minimum absolute atomic E-state index is 0.150. The molecule has 21 heavy (non-hydrogen) atoms. The number of halogens is 1. The van der Waals surface area contributed by atoms with Gasteiger partial charge in [-0.3, -0.25) is 0 Å². The molecule has 112 valence electrons. The first-order chi connectivity index (χ1) is 9.94. The van der Waals surface area contributed by atoms with E-state index in [4.69, 9.17) is 5.73 Å². The highest BCUT2D eigenvalue weighted by Crippen LogP contribution is 2.26. The van der Waals surface area contributed by atoms with E-state index in [1.54, 1.807) is 12.1 Å². The molecule has 0 heterocycles. The highest BCUT2D eigenvalue weighted by Gasteiger charge is 2.22. The van der Waals surface area contributed by atoms with Crippen LogP contribution in [0.3, 0.4) is 0 Å². The molecule has 4 nitrogen and oxygen atoms in total. The van der Waals surface area contributed by atoms with E-state index in [1.807, 2.05) is 37.3 Å². The van der Waals surface area contributed by atoms with Gasteiger partial charge in [-0.15, -0.1) is 0 Å². The van der Waals surface area contributed by atoms with Crippen LogP contribution in [0.1, 0.15) is 24.9 Å². The summed E-state index contributed by atoms with van der Waals surface area (Å²) in [5.74, 6) is 0. The van der Waals surface area contributed by atoms with Crippen molar-refractivity contribution >= 4 is 31.6 Å². The summed E-state index contributed by atoms with van der Waals surface area (Å²) >= 11 is 3.26. The van der Waals surface area contributed by atoms with E-state index in [-0.39, 0.29) is 10.9 Å². The number of nitrogens with one attached hydrogen (secondary N) is 1. The molecule has 0 saturated heterocycles. The Labute approximate surface area is 133 Å². The molecule has 2 aromatic carbocycles. The van der Waals surface area contributed by atoms with Gasteiger partial charge in [-0.1, -0.05) is 37.3 Å². The van der Waals surface area contributed by atoms with Gasteiger partial charge in [0, 0.05) is 16.2 Å². The lowest BCUT2D eigenvalue weighted by Gasteiger charge is -2.18. The maximum atomic E-state index is 12.6. The first-order valence-electron chi connectivity index (χ1n) is 6.56. The molecule has 0 amide bonds. The molecule has 2 rings (SSSR count). The van der Waals surface area contributed by atoms with Gasteiger partial charge in [0.25, 0.3) is 0 Å². The summed E-state index contributed by atoms with van der Waals surface area (Å²) in [5.41, 5.74) is 7.03. The van der Waals surface area contributed by atoms with Crippen LogP contribution in [0.5, 0.6) is 0 Å². The van der Waals surface area contributed by atoms with Crippen LogP contribution in [-0.2, 0) is 10.0 Å². The molecule has 0 spiro atoms. The van der Waals surface area contributed by atoms with Gasteiger partial charge < -0.3 is 5.73 Å². The van der Waals surface area contributed by atoms with Crippen molar-refractivity contribution < 1.29 is 8.42 Å². The molecule has 1 atom stereocenters. The Balaban J connectivity index is 2.34. The average molecular weight is 369 g/mol. The van der Waals surface area contributed by atoms with Crippen molar-refractivity contribution in [3.63, 3.8) is 0 Å². The number of nitrogen functional groups attached to an aromatic ring is 1. The summed E-state index contributed by atoms with van der Waals surface area (Å²) < 4.78 is 28.3. The zero-order valence-electron chi connectivity index (χ0n) is 11.6. The minimum Gasteiger partial charge on any atom is -0.399 e. The monoisotopic (exact) mass is 368 g/mol. The Hall–Kier alpha value is -1.37. The van der Waals surface area contributed by atoms with Crippen LogP contribution in [-0.4, -0.2) is 8.42 Å². The number of nitrogens with two attached hydrogens (primary N) is 1. The largest absolute Gasteiger partial charge is 0.399 e. The third-order valence-corrected chi connectivity index (χ3v) is 5.62. The summed E-state index contributed by atoms with van der Waals surface area (Å²) in [5, 5.41) is 0. The predicted molar refractivity (Wildman–Crippen MR) is 88.3 cm³/mol. The van der Waals surface area contributed by atoms with E-state index in [9.17, 15) is 8.42 Å². The summed E-state index contributed by atoms with van der Waals surface area (Å²) in [4.78, 5) is 0.150. The standard InChI is InChI=1S/C15H17BrN2O2S/c1-2-14(11-6-4-3-5-7-11)18-21(19,20)15-10-12(17)8-9-13(15)16/h3-10,14,18H,2,17H2,1H3. The van der Waals surface area contributed by atoms with E-state index in [2.05, 4.69) is 20.7 Å². The quantitative estimate of drug-likeness (QED) is 0.793. The summed E-state index contributed by atoms with van der Waals surface area (Å²) in [6.07, 6.45) is 0.656. The number of anilines is 1. The van der Waals surface area contributed by atoms with Gasteiger partial charge in [-0.2, -0.15) is 0 Å². The molecule has 0 bridgehead atoms. The fourth-order valence-corrected chi connectivity index (χ4v) is 4.36. The Morgan fingerprint density at radius 3 is 2.48 bits per heavy atom. The zero-order chi connectivity index (χ0) is 15.5. The Morgan fingerprint density at radius 2 is 1.86 bits per heavy atom. The zero-order valence-corrected chi connectivity index (χ0v) is 14.0. The molecular formula is C15H17BrN2O2S. The highest BCUT2D eigenvalue weighted by atomic mass is 79.9. The summed E-state index contributed by atoms with van der Waals surface area (Å²) in [7, 11) is -3.65. The van der Waals surface area contributed by atoms with Gasteiger partial charge in [0.2, 0.25) is 10.0 Å². The van der Waals surface area contributed by atoms with Crippen molar-refractivity contribution in [2.24, 2.45) is 0 Å². The number of benzene rings is 2. The fraction of sp³-hybridized carbons (Fsp3) is 0.200. The van der Waals surface area contributed by atoms with Crippen LogP contribution in [0.15, 0.2) is 57.9 Å². The molecule has 0 saturated carbocycles. The molecule has 2 aromatic rings. The van der Waals surface area contributed by atoms with Crippen LogP contribution >= 0.6 is 15.9 Å². The van der Waals surface area contributed by atoms with Crippen LogP contribution in [0.25, 0.3) is 0 Å². The van der Waals surface area contributed by atoms with Crippen LogP contribution in [0, 0.1) is 0 Å². The number of rotatable bonds is 5. The van der Waals surface area contributed by atoms with Crippen molar-refractivity contribution in [3.8, 4) is 0 Å². The summed E-state index contributed by atoms with van der Waals surface area (Å²) in [6, 6.07) is 14.0. The number of sulfonamides is 1. The SMILES string of the molecule is CCC(NS(=O)(=O)c1cc(N)ccc1Br)c1ccccc1. The lowest BCUT2D eigenvalue weighted by atomic mass is 10.1. The van der Waals surface area contributed by atoms with Crippen molar-refractivity contribution in [1.29, 1.82) is 0 Å². The third kappa shape index (κ3) is 3.84. The molecule has 0 radical (unpaired) electrons. The van der Waals surface area contributed by atoms with E-state index in [0.717, 1.165) is 5.56 Å². The smallest absolute Gasteiger partial charge is 0.242 e. The molecule has 0 aliphatic heterocycles. The van der Waals surface area contributed by atoms with Crippen molar-refractivity contribution in [1.82, 2.24) is 4.72 Å². The second-order valence-corrected chi connectivity index (χ2v) is 7.22. The normalized spacial score (nSPS) is 13.0. The van der Waals surface area contributed by atoms with E-state index >= 15 is 0 Å². The second-order valence-electron chi connectivity index (χ2n) is 4.68. The fourth-order valence-electron chi connectivity index (χ4n) is 2.05. The number of hydrogen-bond acceptors (Lipinski definition) is 3. The lowest BCUT2D eigenvalue weighted by Crippen LogP contribution is -2.28. The van der Waals surface area contributed by atoms with E-state index < -0.39 is 10.0 Å². The van der Waals surface area contributed by atoms with E-state index in [0.29, 0.717) is 16.6 Å². The maximum absolute atomic E-state index is 12.6. The van der Waals surface area contributed by atoms with Crippen LogP contribution < -0.4 is 10.5 Å². The van der Waals surface area contributed by atoms with Gasteiger partial charge in [-0.05, 0) is 46.1 Å². The molecule has 0 fully saturated rings. The third-order valence-electron chi connectivity index (χ3n) is 3.15. The first-order valence-corrected chi connectivity index (χ1v) is 8.84. The van der Waals surface area contributed by atoms with Gasteiger partial charge in [0.1, 0.15) is 0 Å². The van der Waals surface area contributed by atoms with Crippen LogP contribution in [0.4, 0.5) is 5.69 Å². The van der Waals surface area contributed by atoms with Gasteiger partial charge in [0.15, 0.2) is 0 Å². The maximum Gasteiger partial charge on any atom is 0.242 e. The Kier molecular flexibility index (Phi) is 5.03. The molecule has 1 unspecified atom stereocenters. The summed E-state index contributed by atoms with van der Waals surface area (Å²) in [6.45, 7) is 1.94. The average Bonchev–Trinajstić information content (AvgIpc) is 2.48. The highest BCUT2D eigenvalue weighted by molar-refractivity contribution is 9.10. The molecular weight excluding hydrogens is 352 g/mol. The van der Waals surface area contributed by atoms with Crippen molar-refractivity contribution in [2.75, 3.05) is 5.73 Å². The molecule has 3 N–H and O–H groups in total. The van der Waals surface area contributed by atoms with Crippen molar-refractivity contribution in [2.45, 2.75) is 24.3 Å². The van der Waals surface area contributed by atoms with E-state index in [1.165, 1.54) is 6.07 Å². The first kappa shape index (κ1) is 16.0. The second kappa shape index (κ2) is 6.60. The Morgan fingerprint density at radius 1 is 1.19 bits per heavy atom. The van der Waals surface area contributed by atoms with Gasteiger partial charge in [-0.25, -0.2) is 13.1 Å². The molecule has 6 heteroatoms. The number of hydrogen-bond donors (Lipinski definition) is 2. The lowest BCUT2D eigenvalue weighted by molar-refractivity contribution is 0.549. The van der Waals surface area contributed by atoms with Gasteiger partial charge >= 0.3 is 0 Å². The molecule has 0 aromatic heterocycles. The van der Waals surface area contributed by atoms with Gasteiger partial charge in [0.05, 0.1) is 4.90 Å². The predicted octanol–water partition coefficient (Wildman–Crippen LogP) is 3.46. The van der Waals surface area contributed by atoms with Crippen molar-refractivity contribution in [3.05, 3.63) is 58.6 Å². The van der Waals surface area contributed by atoms with Crippen LogP contribution in [0.2, 0.25) is 0 Å². The topological polar surface area (TPSA) is 72.2 Å². The molecule has 0 aliphatic carbocycles.